The first-order valence-corrected chi connectivity index (χ1v) is 7.39. The first-order chi connectivity index (χ1) is 8.53. The van der Waals surface area contributed by atoms with Crippen molar-refractivity contribution >= 4 is 13.7 Å². The Morgan fingerprint density at radius 1 is 1.16 bits per heavy atom. The maximum atomic E-state index is 11.4. The van der Waals surface area contributed by atoms with Crippen LogP contribution >= 0.6 is 8.15 Å². The number of aliphatic hydroxyl groups is 4. The van der Waals surface area contributed by atoms with Gasteiger partial charge in [-0.05, 0) is 6.92 Å². The number of hydrogen-bond donors (Lipinski definition) is 5. The van der Waals surface area contributed by atoms with Crippen molar-refractivity contribution in [3.63, 3.8) is 0 Å². The molecule has 116 valence electrons. The number of aliphatic hydroxyl groups excluding tert-OH is 4. The highest BCUT2D eigenvalue weighted by molar-refractivity contribution is 7.69. The van der Waals surface area contributed by atoms with Crippen molar-refractivity contribution in [3.8, 4) is 0 Å². The normalized spacial score (nSPS) is 16.1. The molecular formula is C11H27NO6P+. The minimum atomic E-state index is -1.82. The highest BCUT2D eigenvalue weighted by Crippen LogP contribution is 2.32. The van der Waals surface area contributed by atoms with Crippen molar-refractivity contribution in [2.24, 2.45) is 0 Å². The SMILES string of the molecule is CC(O)CO.C[N+](C)(C)CC(=O)P(O)CC(O)CO. The Morgan fingerprint density at radius 2 is 1.58 bits per heavy atom. The second kappa shape index (κ2) is 10.6. The molecule has 8 heteroatoms. The lowest BCUT2D eigenvalue weighted by Crippen LogP contribution is -2.39. The summed E-state index contributed by atoms with van der Waals surface area (Å²) in [7, 11) is 3.74. The van der Waals surface area contributed by atoms with Crippen LogP contribution in [0, 0.1) is 0 Å². The molecule has 3 unspecified atom stereocenters. The maximum absolute atomic E-state index is 11.4. The molecule has 0 aromatic carbocycles. The van der Waals surface area contributed by atoms with E-state index in [-0.39, 0.29) is 24.8 Å². The van der Waals surface area contributed by atoms with E-state index in [4.69, 9.17) is 20.4 Å². The van der Waals surface area contributed by atoms with Crippen LogP contribution in [0.25, 0.3) is 0 Å². The third-order valence-electron chi connectivity index (χ3n) is 1.76. The molecule has 0 spiro atoms. The zero-order valence-corrected chi connectivity index (χ0v) is 12.9. The number of likely N-dealkylation sites (N-methyl/N-ethyl adjacent to an activating group) is 1. The van der Waals surface area contributed by atoms with Gasteiger partial charge in [-0.15, -0.1) is 0 Å². The summed E-state index contributed by atoms with van der Waals surface area (Å²) in [6.07, 6.45) is -1.59. The maximum Gasteiger partial charge on any atom is 0.235 e. The number of nitrogens with zero attached hydrogens (tertiary/aromatic N) is 1. The van der Waals surface area contributed by atoms with Gasteiger partial charge in [-0.3, -0.25) is 4.79 Å². The van der Waals surface area contributed by atoms with Crippen molar-refractivity contribution in [2.45, 2.75) is 19.1 Å². The number of hydrogen-bond acceptors (Lipinski definition) is 6. The van der Waals surface area contributed by atoms with Crippen molar-refractivity contribution in [3.05, 3.63) is 0 Å². The molecule has 7 nitrogen and oxygen atoms in total. The molecule has 0 bridgehead atoms. The van der Waals surface area contributed by atoms with Gasteiger partial charge in [-0.1, -0.05) is 0 Å². The van der Waals surface area contributed by atoms with Crippen LogP contribution in [0.5, 0.6) is 0 Å². The fourth-order valence-corrected chi connectivity index (χ4v) is 2.15. The van der Waals surface area contributed by atoms with Gasteiger partial charge in [0.2, 0.25) is 5.52 Å². The highest BCUT2D eigenvalue weighted by Gasteiger charge is 2.24. The molecule has 0 aromatic heterocycles. The molecule has 0 aliphatic rings. The van der Waals surface area contributed by atoms with Gasteiger partial charge in [0.25, 0.3) is 0 Å². The zero-order valence-electron chi connectivity index (χ0n) is 12.0. The third-order valence-corrected chi connectivity index (χ3v) is 3.24. The van der Waals surface area contributed by atoms with Crippen molar-refractivity contribution < 1.29 is 34.6 Å². The molecule has 0 heterocycles. The first kappa shape index (κ1) is 21.2. The summed E-state index contributed by atoms with van der Waals surface area (Å²) in [5.74, 6) is 0. The van der Waals surface area contributed by atoms with Crippen LogP contribution in [0.2, 0.25) is 0 Å². The summed E-state index contributed by atoms with van der Waals surface area (Å²) in [5.41, 5.74) is -0.250. The Hall–Kier alpha value is -0.140. The molecule has 0 saturated heterocycles. The monoisotopic (exact) mass is 300 g/mol. The van der Waals surface area contributed by atoms with Crippen LogP contribution in [0.1, 0.15) is 6.92 Å². The minimum absolute atomic E-state index is 0.0370. The summed E-state index contributed by atoms with van der Waals surface area (Å²) in [6.45, 7) is 1.21. The summed E-state index contributed by atoms with van der Waals surface area (Å²) in [5, 5.41) is 33.6. The Morgan fingerprint density at radius 3 is 1.84 bits per heavy atom. The van der Waals surface area contributed by atoms with E-state index in [1.807, 2.05) is 21.1 Å². The van der Waals surface area contributed by atoms with E-state index >= 15 is 0 Å². The summed E-state index contributed by atoms with van der Waals surface area (Å²) < 4.78 is 0.452. The molecule has 0 fully saturated rings. The van der Waals surface area contributed by atoms with Gasteiger partial charge >= 0.3 is 0 Å². The second-order valence-electron chi connectivity index (χ2n) is 5.29. The average molecular weight is 300 g/mol. The van der Waals surface area contributed by atoms with E-state index in [9.17, 15) is 9.69 Å². The molecular weight excluding hydrogens is 273 g/mol. The standard InChI is InChI=1S/C8H19NO4P.C3H8O2/c1-9(2,3)4-8(12)14(13)6-7(11)5-10;1-3(5)2-4/h7,10-11,13H,4-6H2,1-3H3;3-5H,2H2,1H3/q+1;. The molecule has 0 aliphatic carbocycles. The summed E-state index contributed by atoms with van der Waals surface area (Å²) in [6, 6.07) is 0. The van der Waals surface area contributed by atoms with Crippen molar-refractivity contribution in [1.29, 1.82) is 0 Å². The van der Waals surface area contributed by atoms with E-state index < -0.39 is 27.0 Å². The predicted molar refractivity (Wildman–Crippen MR) is 73.8 cm³/mol. The van der Waals surface area contributed by atoms with Crippen LogP contribution in [-0.4, -0.2) is 94.6 Å². The lowest BCUT2D eigenvalue weighted by Gasteiger charge is -2.24. The largest absolute Gasteiger partial charge is 0.394 e. The molecule has 3 atom stereocenters. The number of carbonyl (C=O) groups is 1. The molecule has 0 rings (SSSR count). The first-order valence-electron chi connectivity index (χ1n) is 5.91. The second-order valence-corrected chi connectivity index (χ2v) is 6.96. The molecule has 0 aromatic rings. The molecule has 0 radical (unpaired) electrons. The molecule has 0 saturated carbocycles. The highest BCUT2D eigenvalue weighted by atomic mass is 31.1. The van der Waals surface area contributed by atoms with Gasteiger partial charge in [-0.2, -0.15) is 0 Å². The van der Waals surface area contributed by atoms with Gasteiger partial charge in [0.15, 0.2) is 0 Å². The van der Waals surface area contributed by atoms with Crippen LogP contribution in [0.3, 0.4) is 0 Å². The number of quaternary nitrogens is 1. The fraction of sp³-hybridized carbons (Fsp3) is 0.909. The van der Waals surface area contributed by atoms with Gasteiger partial charge in [0.1, 0.15) is 14.7 Å². The van der Waals surface area contributed by atoms with E-state index in [1.165, 1.54) is 6.92 Å². The van der Waals surface area contributed by atoms with Gasteiger partial charge in [0.05, 0.1) is 46.6 Å². The van der Waals surface area contributed by atoms with Gasteiger partial charge in [-0.25, -0.2) is 0 Å². The van der Waals surface area contributed by atoms with E-state index in [0.29, 0.717) is 4.48 Å². The quantitative estimate of drug-likeness (QED) is 0.283. The Kier molecular flexibility index (Phi) is 11.8. The zero-order chi connectivity index (χ0) is 15.6. The number of carbonyl (C=O) groups excluding carboxylic acids is 1. The molecule has 5 N–H and O–H groups in total. The Labute approximate surface area is 115 Å². The fourth-order valence-electron chi connectivity index (χ4n) is 0.847. The molecule has 0 aliphatic heterocycles. The van der Waals surface area contributed by atoms with Crippen LogP contribution < -0.4 is 0 Å². The van der Waals surface area contributed by atoms with Crippen LogP contribution in [0.15, 0.2) is 0 Å². The predicted octanol–water partition coefficient (Wildman–Crippen LogP) is -1.68. The average Bonchev–Trinajstić information content (AvgIpc) is 2.27. The Bertz CT molecular complexity index is 244. The smallest absolute Gasteiger partial charge is 0.235 e. The number of rotatable bonds is 7. The van der Waals surface area contributed by atoms with Crippen LogP contribution in [-0.2, 0) is 4.79 Å². The van der Waals surface area contributed by atoms with Gasteiger partial charge < -0.3 is 29.8 Å². The van der Waals surface area contributed by atoms with E-state index in [0.717, 1.165) is 0 Å². The van der Waals surface area contributed by atoms with Crippen molar-refractivity contribution in [1.82, 2.24) is 0 Å². The Balaban J connectivity index is 0. The molecule has 0 amide bonds. The van der Waals surface area contributed by atoms with Crippen molar-refractivity contribution in [2.75, 3.05) is 47.1 Å². The van der Waals surface area contributed by atoms with E-state index in [1.54, 1.807) is 0 Å². The lowest BCUT2D eigenvalue weighted by molar-refractivity contribution is -0.861. The minimum Gasteiger partial charge on any atom is -0.394 e. The van der Waals surface area contributed by atoms with E-state index in [2.05, 4.69) is 0 Å². The molecule has 19 heavy (non-hydrogen) atoms. The third kappa shape index (κ3) is 15.8. The summed E-state index contributed by atoms with van der Waals surface area (Å²) in [4.78, 5) is 20.8. The van der Waals surface area contributed by atoms with Crippen LogP contribution in [0.4, 0.5) is 0 Å². The van der Waals surface area contributed by atoms with Gasteiger partial charge in [0, 0.05) is 6.16 Å². The summed E-state index contributed by atoms with van der Waals surface area (Å²) >= 11 is 0. The topological polar surface area (TPSA) is 118 Å². The lowest BCUT2D eigenvalue weighted by atomic mass is 10.4.